The Kier molecular flexibility index (Phi) is 4.94. The fourth-order valence-electron chi connectivity index (χ4n) is 1.62. The lowest BCUT2D eigenvalue weighted by Gasteiger charge is -2.24. The Bertz CT molecular complexity index is 325. The molecule has 6 heteroatoms. The van der Waals surface area contributed by atoms with E-state index in [0.717, 1.165) is 24.3 Å². The first-order chi connectivity index (χ1) is 7.74. The largest absolute Gasteiger partial charge is 0.395 e. The van der Waals surface area contributed by atoms with Gasteiger partial charge in [-0.05, 0) is 13.3 Å². The third-order valence-corrected chi connectivity index (χ3v) is 2.36. The summed E-state index contributed by atoms with van der Waals surface area (Å²) in [5.41, 5.74) is 3.43. The van der Waals surface area contributed by atoms with Crippen LogP contribution in [0.25, 0.3) is 0 Å². The van der Waals surface area contributed by atoms with Crippen molar-refractivity contribution in [3.05, 3.63) is 11.9 Å². The molecule has 0 aliphatic carbocycles. The molecule has 0 aliphatic heterocycles. The van der Waals surface area contributed by atoms with E-state index < -0.39 is 0 Å². The van der Waals surface area contributed by atoms with E-state index in [0.29, 0.717) is 12.4 Å². The molecule has 4 N–H and O–H groups in total. The molecule has 0 unspecified atom stereocenters. The summed E-state index contributed by atoms with van der Waals surface area (Å²) in [5, 5.41) is 9.02. The van der Waals surface area contributed by atoms with Crippen molar-refractivity contribution in [3.63, 3.8) is 0 Å². The minimum absolute atomic E-state index is 0.106. The molecule has 0 bridgehead atoms. The van der Waals surface area contributed by atoms with Crippen LogP contribution >= 0.6 is 0 Å². The van der Waals surface area contributed by atoms with E-state index in [1.807, 2.05) is 11.8 Å². The van der Waals surface area contributed by atoms with E-state index in [1.54, 1.807) is 0 Å². The summed E-state index contributed by atoms with van der Waals surface area (Å²) in [6.07, 6.45) is 2.46. The van der Waals surface area contributed by atoms with Gasteiger partial charge in [-0.15, -0.1) is 0 Å². The van der Waals surface area contributed by atoms with Gasteiger partial charge in [0.2, 0.25) is 0 Å². The second-order valence-electron chi connectivity index (χ2n) is 3.53. The quantitative estimate of drug-likeness (QED) is 0.476. The highest BCUT2D eigenvalue weighted by atomic mass is 16.3. The highest BCUT2D eigenvalue weighted by Crippen LogP contribution is 2.21. The number of nitrogens with zero attached hydrogens (tertiary/aromatic N) is 3. The minimum Gasteiger partial charge on any atom is -0.395 e. The first-order valence-electron chi connectivity index (χ1n) is 5.38. The Morgan fingerprint density at radius 1 is 1.44 bits per heavy atom. The molecule has 1 rings (SSSR count). The lowest BCUT2D eigenvalue weighted by molar-refractivity contribution is 0.301. The van der Waals surface area contributed by atoms with Gasteiger partial charge in [0, 0.05) is 18.7 Å². The number of aliphatic hydroxyl groups excluding tert-OH is 1. The zero-order valence-electron chi connectivity index (χ0n) is 9.77. The number of hydrogen-bond donors (Lipinski definition) is 3. The summed E-state index contributed by atoms with van der Waals surface area (Å²) in [6.45, 7) is 5.51. The van der Waals surface area contributed by atoms with E-state index in [-0.39, 0.29) is 6.61 Å². The summed E-state index contributed by atoms with van der Waals surface area (Å²) in [7, 11) is 0. The zero-order chi connectivity index (χ0) is 12.0. The topological polar surface area (TPSA) is 87.3 Å². The van der Waals surface area contributed by atoms with Gasteiger partial charge in [0.25, 0.3) is 0 Å². The molecule has 1 heterocycles. The normalized spacial score (nSPS) is 10.2. The van der Waals surface area contributed by atoms with E-state index in [4.69, 9.17) is 10.9 Å². The number of aromatic nitrogens is 2. The average Bonchev–Trinajstić information content (AvgIpc) is 2.29. The number of hydrogen-bond acceptors (Lipinski definition) is 6. The molecule has 0 atom stereocenters. The molecule has 16 heavy (non-hydrogen) atoms. The Morgan fingerprint density at radius 3 is 2.75 bits per heavy atom. The second kappa shape index (κ2) is 6.24. The van der Waals surface area contributed by atoms with Gasteiger partial charge in [0.05, 0.1) is 6.61 Å². The predicted octanol–water partition coefficient (Wildman–Crippen LogP) is 0.279. The molecule has 0 spiro atoms. The van der Waals surface area contributed by atoms with Gasteiger partial charge in [0.15, 0.2) is 0 Å². The van der Waals surface area contributed by atoms with Crippen molar-refractivity contribution < 1.29 is 5.11 Å². The Hall–Kier alpha value is -1.40. The Labute approximate surface area is 95.5 Å². The fourth-order valence-corrected chi connectivity index (χ4v) is 1.62. The number of anilines is 2. The molecule has 0 radical (unpaired) electrons. The SMILES string of the molecule is CCCN(CCO)c1ncnc(NN)c1C. The third kappa shape index (κ3) is 2.80. The highest BCUT2D eigenvalue weighted by Gasteiger charge is 2.12. The number of nitrogens with two attached hydrogens (primary N) is 1. The number of rotatable bonds is 6. The van der Waals surface area contributed by atoms with Crippen LogP contribution in [0.3, 0.4) is 0 Å². The van der Waals surface area contributed by atoms with Crippen LogP contribution < -0.4 is 16.2 Å². The molecule has 0 amide bonds. The number of nitrogen functional groups attached to an aromatic ring is 1. The smallest absolute Gasteiger partial charge is 0.148 e. The van der Waals surface area contributed by atoms with Crippen molar-refractivity contribution in [1.82, 2.24) is 9.97 Å². The molecule has 6 nitrogen and oxygen atoms in total. The van der Waals surface area contributed by atoms with Crippen LogP contribution in [0, 0.1) is 6.92 Å². The molecule has 90 valence electrons. The number of hydrazine groups is 1. The summed E-state index contributed by atoms with van der Waals surface area (Å²) in [5.74, 6) is 6.79. The lowest BCUT2D eigenvalue weighted by Crippen LogP contribution is -2.29. The van der Waals surface area contributed by atoms with E-state index in [2.05, 4.69) is 22.3 Å². The van der Waals surface area contributed by atoms with Gasteiger partial charge >= 0.3 is 0 Å². The summed E-state index contributed by atoms with van der Waals surface area (Å²) in [6, 6.07) is 0. The Balaban J connectivity index is 2.98. The van der Waals surface area contributed by atoms with Crippen LogP contribution in [-0.2, 0) is 0 Å². The number of aliphatic hydroxyl groups is 1. The molecule has 1 aromatic heterocycles. The van der Waals surface area contributed by atoms with Gasteiger partial charge in [0.1, 0.15) is 18.0 Å². The first kappa shape index (κ1) is 12.7. The second-order valence-corrected chi connectivity index (χ2v) is 3.53. The summed E-state index contributed by atoms with van der Waals surface area (Å²) >= 11 is 0. The standard InChI is InChI=1S/C10H19N5O/c1-3-4-15(5-6-16)10-8(2)9(14-11)12-7-13-10/h7,16H,3-6,11H2,1-2H3,(H,12,13,14). The van der Waals surface area contributed by atoms with E-state index in [9.17, 15) is 0 Å². The molecule has 0 fully saturated rings. The monoisotopic (exact) mass is 225 g/mol. The fraction of sp³-hybridized carbons (Fsp3) is 0.600. The predicted molar refractivity (Wildman–Crippen MR) is 64.2 cm³/mol. The lowest BCUT2D eigenvalue weighted by atomic mass is 10.2. The van der Waals surface area contributed by atoms with Crippen LogP contribution in [0.4, 0.5) is 11.6 Å². The zero-order valence-corrected chi connectivity index (χ0v) is 9.77. The summed E-state index contributed by atoms with van der Waals surface area (Å²) in [4.78, 5) is 10.3. The van der Waals surface area contributed by atoms with Crippen LogP contribution in [0.15, 0.2) is 6.33 Å². The van der Waals surface area contributed by atoms with Crippen molar-refractivity contribution in [2.45, 2.75) is 20.3 Å². The molecule has 1 aromatic rings. The average molecular weight is 225 g/mol. The van der Waals surface area contributed by atoms with Crippen molar-refractivity contribution in [1.29, 1.82) is 0 Å². The molecule has 0 saturated heterocycles. The van der Waals surface area contributed by atoms with Crippen molar-refractivity contribution in [2.75, 3.05) is 30.0 Å². The molecule has 0 aliphatic rings. The minimum atomic E-state index is 0.106. The Morgan fingerprint density at radius 2 is 2.19 bits per heavy atom. The number of nitrogens with one attached hydrogen (secondary N) is 1. The maximum Gasteiger partial charge on any atom is 0.148 e. The van der Waals surface area contributed by atoms with Gasteiger partial charge in [-0.3, -0.25) is 0 Å². The molecule has 0 saturated carbocycles. The van der Waals surface area contributed by atoms with Gasteiger partial charge < -0.3 is 15.4 Å². The molecular weight excluding hydrogens is 206 g/mol. The highest BCUT2D eigenvalue weighted by molar-refractivity contribution is 5.57. The first-order valence-corrected chi connectivity index (χ1v) is 5.38. The van der Waals surface area contributed by atoms with E-state index >= 15 is 0 Å². The maximum absolute atomic E-state index is 9.02. The third-order valence-electron chi connectivity index (χ3n) is 2.36. The summed E-state index contributed by atoms with van der Waals surface area (Å²) < 4.78 is 0. The van der Waals surface area contributed by atoms with Crippen molar-refractivity contribution >= 4 is 11.6 Å². The van der Waals surface area contributed by atoms with Gasteiger partial charge in [-0.25, -0.2) is 15.8 Å². The van der Waals surface area contributed by atoms with Crippen LogP contribution in [-0.4, -0.2) is 34.8 Å². The molecular formula is C10H19N5O. The van der Waals surface area contributed by atoms with Crippen LogP contribution in [0.5, 0.6) is 0 Å². The maximum atomic E-state index is 9.02. The van der Waals surface area contributed by atoms with Crippen LogP contribution in [0.2, 0.25) is 0 Å². The van der Waals surface area contributed by atoms with Gasteiger partial charge in [-0.1, -0.05) is 6.92 Å². The molecule has 0 aromatic carbocycles. The van der Waals surface area contributed by atoms with Gasteiger partial charge in [-0.2, -0.15) is 0 Å². The van der Waals surface area contributed by atoms with Crippen molar-refractivity contribution in [2.24, 2.45) is 5.84 Å². The van der Waals surface area contributed by atoms with Crippen LogP contribution in [0.1, 0.15) is 18.9 Å². The van der Waals surface area contributed by atoms with Crippen molar-refractivity contribution in [3.8, 4) is 0 Å². The van der Waals surface area contributed by atoms with E-state index in [1.165, 1.54) is 6.33 Å².